The van der Waals surface area contributed by atoms with Crippen molar-refractivity contribution in [2.75, 3.05) is 31.6 Å². The number of carbonyl (C=O) groups excluding carboxylic acids is 2. The van der Waals surface area contributed by atoms with Crippen LogP contribution in [-0.2, 0) is 20.7 Å². The van der Waals surface area contributed by atoms with Crippen molar-refractivity contribution in [3.8, 4) is 0 Å². The average molecular weight is 423 g/mol. The van der Waals surface area contributed by atoms with Crippen molar-refractivity contribution in [2.45, 2.75) is 51.0 Å². The van der Waals surface area contributed by atoms with Gasteiger partial charge in [-0.25, -0.2) is 4.79 Å². The average Bonchev–Trinajstić information content (AvgIpc) is 2.83. The van der Waals surface area contributed by atoms with Gasteiger partial charge >= 0.3 is 5.97 Å². The number of hydrogen-bond donors (Lipinski definition) is 0. The predicted octanol–water partition coefficient (Wildman–Crippen LogP) is 4.46. The number of likely N-dealkylation sites (tertiary alicyclic amines) is 1. The van der Waals surface area contributed by atoms with Gasteiger partial charge in [-0.2, -0.15) is 0 Å². The van der Waals surface area contributed by atoms with Crippen LogP contribution in [0.25, 0.3) is 0 Å². The van der Waals surface area contributed by atoms with Crippen LogP contribution in [0.4, 0.5) is 5.69 Å². The Balaban J connectivity index is 1.65. The number of esters is 1. The monoisotopic (exact) mass is 422 g/mol. The number of ether oxygens (including phenoxy) is 1. The predicted molar refractivity (Wildman–Crippen MR) is 124 cm³/mol. The minimum Gasteiger partial charge on any atom is -0.467 e. The first-order chi connectivity index (χ1) is 15.1. The van der Waals surface area contributed by atoms with E-state index in [-0.39, 0.29) is 11.9 Å². The van der Waals surface area contributed by atoms with Gasteiger partial charge < -0.3 is 9.64 Å². The molecule has 0 spiro atoms. The summed E-state index contributed by atoms with van der Waals surface area (Å²) in [6.45, 7) is 4.41. The van der Waals surface area contributed by atoms with Crippen molar-refractivity contribution in [1.29, 1.82) is 0 Å². The van der Waals surface area contributed by atoms with Crippen molar-refractivity contribution in [2.24, 2.45) is 0 Å². The molecule has 0 radical (unpaired) electrons. The zero-order valence-electron chi connectivity index (χ0n) is 18.8. The van der Waals surface area contributed by atoms with Crippen LogP contribution in [-0.4, -0.2) is 49.1 Å². The lowest BCUT2D eigenvalue weighted by Gasteiger charge is -2.46. The van der Waals surface area contributed by atoms with Gasteiger partial charge in [-0.05, 0) is 56.3 Å². The number of rotatable bonds is 9. The second-order valence-electron chi connectivity index (χ2n) is 8.23. The molecule has 0 bridgehead atoms. The van der Waals surface area contributed by atoms with Gasteiger partial charge in [0.2, 0.25) is 5.91 Å². The largest absolute Gasteiger partial charge is 0.467 e. The standard InChI is InChI=1S/C26H34N2O3/c1-3-24(29)28(23-15-8-5-9-16-23)26(25(30)31-2)17-20-27(21-18-26)19-11-10-14-22-12-6-4-7-13-22/h4-9,12-13,15-16H,3,10-11,14,17-21H2,1-2H3. The third-order valence-electron chi connectivity index (χ3n) is 6.28. The molecule has 0 saturated carbocycles. The number of piperidine rings is 1. The lowest BCUT2D eigenvalue weighted by Crippen LogP contribution is -2.62. The molecule has 3 rings (SSSR count). The zero-order chi connectivity index (χ0) is 22.1. The Bertz CT molecular complexity index is 830. The number of hydrogen-bond acceptors (Lipinski definition) is 4. The first-order valence-electron chi connectivity index (χ1n) is 11.3. The Morgan fingerprint density at radius 3 is 2.16 bits per heavy atom. The van der Waals surface area contributed by atoms with Crippen LogP contribution in [0.2, 0.25) is 0 Å². The van der Waals surface area contributed by atoms with Crippen molar-refractivity contribution in [1.82, 2.24) is 4.90 Å². The Kier molecular flexibility index (Phi) is 8.24. The van der Waals surface area contributed by atoms with E-state index in [1.54, 1.807) is 4.90 Å². The van der Waals surface area contributed by atoms with Gasteiger partial charge in [-0.1, -0.05) is 55.5 Å². The molecule has 1 amide bonds. The Morgan fingerprint density at radius 1 is 0.968 bits per heavy atom. The van der Waals surface area contributed by atoms with Crippen LogP contribution in [0.15, 0.2) is 60.7 Å². The maximum atomic E-state index is 13.0. The summed E-state index contributed by atoms with van der Waals surface area (Å²) in [4.78, 5) is 30.1. The van der Waals surface area contributed by atoms with E-state index < -0.39 is 5.54 Å². The van der Waals surface area contributed by atoms with E-state index in [4.69, 9.17) is 4.74 Å². The first-order valence-corrected chi connectivity index (χ1v) is 11.3. The molecule has 0 unspecified atom stereocenters. The molecule has 1 aliphatic heterocycles. The fourth-order valence-corrected chi connectivity index (χ4v) is 4.53. The Morgan fingerprint density at radius 2 is 1.58 bits per heavy atom. The molecule has 1 heterocycles. The van der Waals surface area contributed by atoms with Crippen LogP contribution in [0.3, 0.4) is 0 Å². The van der Waals surface area contributed by atoms with Crippen LogP contribution in [0.5, 0.6) is 0 Å². The molecule has 5 nitrogen and oxygen atoms in total. The van der Waals surface area contributed by atoms with Gasteiger partial charge in [0.25, 0.3) is 0 Å². The minimum atomic E-state index is -0.941. The molecule has 0 atom stereocenters. The Hall–Kier alpha value is -2.66. The molecular weight excluding hydrogens is 388 g/mol. The third kappa shape index (κ3) is 5.53. The van der Waals surface area contributed by atoms with E-state index in [9.17, 15) is 9.59 Å². The highest BCUT2D eigenvalue weighted by Crippen LogP contribution is 2.35. The number of anilines is 1. The molecule has 31 heavy (non-hydrogen) atoms. The van der Waals surface area contributed by atoms with Crippen molar-refractivity contribution in [3.05, 3.63) is 66.2 Å². The summed E-state index contributed by atoms with van der Waals surface area (Å²) < 4.78 is 5.22. The van der Waals surface area contributed by atoms with Gasteiger partial charge in [0, 0.05) is 25.2 Å². The summed E-state index contributed by atoms with van der Waals surface area (Å²) in [7, 11) is 1.42. The third-order valence-corrected chi connectivity index (χ3v) is 6.28. The van der Waals surface area contributed by atoms with Gasteiger partial charge in [-0.15, -0.1) is 0 Å². The van der Waals surface area contributed by atoms with Crippen LogP contribution in [0.1, 0.15) is 44.6 Å². The number of amides is 1. The number of benzene rings is 2. The van der Waals surface area contributed by atoms with Gasteiger partial charge in [0.1, 0.15) is 5.54 Å². The summed E-state index contributed by atoms with van der Waals surface area (Å²) in [6, 6.07) is 20.1. The summed E-state index contributed by atoms with van der Waals surface area (Å²) >= 11 is 0. The number of nitrogens with zero attached hydrogens (tertiary/aromatic N) is 2. The maximum absolute atomic E-state index is 13.0. The second-order valence-corrected chi connectivity index (χ2v) is 8.23. The minimum absolute atomic E-state index is 0.0482. The van der Waals surface area contributed by atoms with Crippen LogP contribution >= 0.6 is 0 Å². The summed E-state index contributed by atoms with van der Waals surface area (Å²) in [5.41, 5.74) is 1.20. The molecule has 2 aromatic carbocycles. The van der Waals surface area contributed by atoms with Gasteiger partial charge in [0.05, 0.1) is 7.11 Å². The fourth-order valence-electron chi connectivity index (χ4n) is 4.53. The van der Waals surface area contributed by atoms with Crippen LogP contribution < -0.4 is 4.90 Å². The first kappa shape index (κ1) is 23.0. The van der Waals surface area contributed by atoms with Crippen molar-refractivity contribution in [3.63, 3.8) is 0 Å². The smallest absolute Gasteiger partial charge is 0.332 e. The normalized spacial score (nSPS) is 15.9. The Labute approximate surface area is 186 Å². The zero-order valence-corrected chi connectivity index (χ0v) is 18.8. The second kappa shape index (κ2) is 11.1. The van der Waals surface area contributed by atoms with E-state index in [2.05, 4.69) is 29.2 Å². The molecule has 5 heteroatoms. The number of unbranched alkanes of at least 4 members (excludes halogenated alkanes) is 1. The number of methoxy groups -OCH3 is 1. The van der Waals surface area contributed by atoms with Crippen LogP contribution in [0, 0.1) is 0 Å². The van der Waals surface area contributed by atoms with E-state index in [1.165, 1.54) is 12.7 Å². The molecule has 166 valence electrons. The quantitative estimate of drug-likeness (QED) is 0.442. The van der Waals surface area contributed by atoms with E-state index in [1.807, 2.05) is 43.3 Å². The molecule has 1 fully saturated rings. The summed E-state index contributed by atoms with van der Waals surface area (Å²) in [5.74, 6) is -0.366. The molecule has 0 N–H and O–H groups in total. The number of para-hydroxylation sites is 1. The topological polar surface area (TPSA) is 49.9 Å². The van der Waals surface area contributed by atoms with E-state index in [0.717, 1.165) is 44.6 Å². The number of carbonyl (C=O) groups is 2. The highest BCUT2D eigenvalue weighted by Gasteiger charge is 2.49. The summed E-state index contributed by atoms with van der Waals surface area (Å²) in [6.07, 6.45) is 4.87. The molecule has 0 aliphatic carbocycles. The van der Waals surface area contributed by atoms with Gasteiger partial charge in [0.15, 0.2) is 0 Å². The molecule has 1 aliphatic rings. The number of aryl methyl sites for hydroxylation is 1. The molecule has 0 aromatic heterocycles. The molecule has 2 aromatic rings. The fraction of sp³-hybridized carbons (Fsp3) is 0.462. The van der Waals surface area contributed by atoms with Crippen molar-refractivity contribution < 1.29 is 14.3 Å². The summed E-state index contributed by atoms with van der Waals surface area (Å²) in [5, 5.41) is 0. The molecular formula is C26H34N2O3. The van der Waals surface area contributed by atoms with Gasteiger partial charge in [-0.3, -0.25) is 9.69 Å². The SMILES string of the molecule is CCC(=O)N(c1ccccc1)C1(C(=O)OC)CCN(CCCCc2ccccc2)CC1. The van der Waals surface area contributed by atoms with E-state index >= 15 is 0 Å². The lowest BCUT2D eigenvalue weighted by molar-refractivity contribution is -0.151. The highest BCUT2D eigenvalue weighted by atomic mass is 16.5. The highest BCUT2D eigenvalue weighted by molar-refractivity contribution is 6.02. The van der Waals surface area contributed by atoms with Crippen molar-refractivity contribution >= 4 is 17.6 Å². The maximum Gasteiger partial charge on any atom is 0.332 e. The lowest BCUT2D eigenvalue weighted by atomic mass is 9.84. The molecule has 1 saturated heterocycles. The van der Waals surface area contributed by atoms with E-state index in [0.29, 0.717) is 19.3 Å².